The van der Waals surface area contributed by atoms with Gasteiger partial charge in [0.1, 0.15) is 11.6 Å². The Hall–Kier alpha value is -2.97. The predicted molar refractivity (Wildman–Crippen MR) is 103 cm³/mol. The zero-order valence-corrected chi connectivity index (χ0v) is 15.7. The normalized spacial score (nSPS) is 11.1. The first-order valence-corrected chi connectivity index (χ1v) is 9.76. The summed E-state index contributed by atoms with van der Waals surface area (Å²) in [6, 6.07) is 14.2. The third kappa shape index (κ3) is 4.47. The van der Waals surface area contributed by atoms with Crippen molar-refractivity contribution in [2.24, 2.45) is 0 Å². The lowest BCUT2D eigenvalue weighted by Gasteiger charge is -2.11. The molecule has 1 amide bonds. The van der Waals surface area contributed by atoms with Crippen LogP contribution in [0.15, 0.2) is 71.6 Å². The molecule has 0 fully saturated rings. The topological polar surface area (TPSA) is 75.3 Å². The molecule has 0 aliphatic heterocycles. The Morgan fingerprint density at radius 3 is 2.32 bits per heavy atom. The Bertz CT molecular complexity index is 1150. The van der Waals surface area contributed by atoms with Crippen LogP contribution in [-0.4, -0.2) is 14.3 Å². The third-order valence-electron chi connectivity index (χ3n) is 3.69. The van der Waals surface area contributed by atoms with Crippen molar-refractivity contribution in [3.8, 4) is 0 Å². The zero-order chi connectivity index (χ0) is 20.3. The maximum absolute atomic E-state index is 14.3. The second kappa shape index (κ2) is 7.95. The number of carbonyl (C=O) groups is 1. The molecule has 0 aromatic heterocycles. The molecule has 0 heterocycles. The SMILES string of the molecule is O=C(Nc1ccc(S(=O)(=O)Nc2cccc(Cl)c2)cc1F)c1ccccc1F. The molecule has 3 aromatic carbocycles. The van der Waals surface area contributed by atoms with E-state index in [4.69, 9.17) is 11.6 Å². The van der Waals surface area contributed by atoms with Crippen LogP contribution in [0.3, 0.4) is 0 Å². The predicted octanol–water partition coefficient (Wildman–Crippen LogP) is 4.67. The molecule has 9 heteroatoms. The molecule has 144 valence electrons. The van der Waals surface area contributed by atoms with Crippen molar-refractivity contribution >= 4 is 38.9 Å². The molecule has 2 N–H and O–H groups in total. The number of rotatable bonds is 5. The van der Waals surface area contributed by atoms with Crippen molar-refractivity contribution < 1.29 is 22.0 Å². The lowest BCUT2D eigenvalue weighted by Crippen LogP contribution is -2.16. The van der Waals surface area contributed by atoms with E-state index >= 15 is 0 Å². The smallest absolute Gasteiger partial charge is 0.261 e. The summed E-state index contributed by atoms with van der Waals surface area (Å²) in [5.74, 6) is -2.60. The quantitative estimate of drug-likeness (QED) is 0.627. The number of hydrogen-bond acceptors (Lipinski definition) is 3. The minimum absolute atomic E-state index is 0.213. The van der Waals surface area contributed by atoms with Crippen molar-refractivity contribution in [3.63, 3.8) is 0 Å². The van der Waals surface area contributed by atoms with Crippen molar-refractivity contribution in [2.75, 3.05) is 10.0 Å². The largest absolute Gasteiger partial charge is 0.319 e. The van der Waals surface area contributed by atoms with Crippen molar-refractivity contribution in [1.82, 2.24) is 0 Å². The van der Waals surface area contributed by atoms with E-state index in [0.717, 1.165) is 24.3 Å². The van der Waals surface area contributed by atoms with E-state index in [2.05, 4.69) is 10.0 Å². The first-order valence-electron chi connectivity index (χ1n) is 7.90. The van der Waals surface area contributed by atoms with E-state index in [1.807, 2.05) is 0 Å². The van der Waals surface area contributed by atoms with Gasteiger partial charge in [-0.15, -0.1) is 0 Å². The Morgan fingerprint density at radius 1 is 0.893 bits per heavy atom. The monoisotopic (exact) mass is 422 g/mol. The van der Waals surface area contributed by atoms with Crippen LogP contribution in [0.2, 0.25) is 5.02 Å². The maximum Gasteiger partial charge on any atom is 0.261 e. The highest BCUT2D eigenvalue weighted by molar-refractivity contribution is 7.92. The molecular weight excluding hydrogens is 410 g/mol. The van der Waals surface area contributed by atoms with E-state index in [1.165, 1.54) is 30.3 Å². The molecule has 28 heavy (non-hydrogen) atoms. The number of anilines is 2. The molecule has 0 saturated carbocycles. The molecule has 0 aliphatic rings. The van der Waals surface area contributed by atoms with E-state index < -0.39 is 27.6 Å². The molecule has 3 rings (SSSR count). The summed E-state index contributed by atoms with van der Waals surface area (Å²) in [7, 11) is -4.08. The summed E-state index contributed by atoms with van der Waals surface area (Å²) in [5.41, 5.74) is -0.332. The molecule has 3 aromatic rings. The molecule has 0 atom stereocenters. The van der Waals surface area contributed by atoms with Crippen LogP contribution in [0.4, 0.5) is 20.2 Å². The van der Waals surface area contributed by atoms with E-state index in [0.29, 0.717) is 5.02 Å². The first kappa shape index (κ1) is 19.8. The summed E-state index contributed by atoms with van der Waals surface area (Å²) in [4.78, 5) is 11.7. The second-order valence-electron chi connectivity index (χ2n) is 5.69. The van der Waals surface area contributed by atoms with Crippen LogP contribution in [-0.2, 0) is 10.0 Å². The van der Waals surface area contributed by atoms with Gasteiger partial charge in [0.05, 0.1) is 21.8 Å². The van der Waals surface area contributed by atoms with Crippen LogP contribution in [0, 0.1) is 11.6 Å². The van der Waals surface area contributed by atoms with Gasteiger partial charge < -0.3 is 5.32 Å². The third-order valence-corrected chi connectivity index (χ3v) is 5.31. The average Bonchev–Trinajstić information content (AvgIpc) is 2.63. The van der Waals surface area contributed by atoms with Gasteiger partial charge >= 0.3 is 0 Å². The average molecular weight is 423 g/mol. The summed E-state index contributed by atoms with van der Waals surface area (Å²) >= 11 is 5.81. The van der Waals surface area contributed by atoms with Gasteiger partial charge in [-0.05, 0) is 48.5 Å². The molecule has 0 unspecified atom stereocenters. The van der Waals surface area contributed by atoms with Gasteiger partial charge in [-0.2, -0.15) is 0 Å². The van der Waals surface area contributed by atoms with Gasteiger partial charge in [0.2, 0.25) is 0 Å². The van der Waals surface area contributed by atoms with Crippen LogP contribution in [0.25, 0.3) is 0 Å². The van der Waals surface area contributed by atoms with Gasteiger partial charge in [-0.1, -0.05) is 29.8 Å². The fourth-order valence-corrected chi connectivity index (χ4v) is 3.62. The number of amides is 1. The summed E-state index contributed by atoms with van der Waals surface area (Å²) in [6.45, 7) is 0. The fourth-order valence-electron chi connectivity index (χ4n) is 2.37. The van der Waals surface area contributed by atoms with Gasteiger partial charge in [-0.3, -0.25) is 9.52 Å². The Kier molecular flexibility index (Phi) is 5.62. The summed E-state index contributed by atoms with van der Waals surface area (Å²) in [5, 5.41) is 2.55. The Morgan fingerprint density at radius 2 is 1.64 bits per heavy atom. The molecule has 5 nitrogen and oxygen atoms in total. The molecule has 0 bridgehead atoms. The van der Waals surface area contributed by atoms with E-state index in [1.54, 1.807) is 12.1 Å². The van der Waals surface area contributed by atoms with Crippen molar-refractivity contribution in [2.45, 2.75) is 4.90 Å². The number of benzene rings is 3. The summed E-state index contributed by atoms with van der Waals surface area (Å²) in [6.07, 6.45) is 0. The Labute approximate surface area is 165 Å². The number of sulfonamides is 1. The van der Waals surface area contributed by atoms with Crippen LogP contribution >= 0.6 is 11.6 Å². The number of hydrogen-bond donors (Lipinski definition) is 2. The minimum atomic E-state index is -4.08. The fraction of sp³-hybridized carbons (Fsp3) is 0. The van der Waals surface area contributed by atoms with Crippen LogP contribution in [0.1, 0.15) is 10.4 Å². The summed E-state index contributed by atoms with van der Waals surface area (Å²) < 4.78 is 55.1. The second-order valence-corrected chi connectivity index (χ2v) is 7.81. The van der Waals surface area contributed by atoms with E-state index in [9.17, 15) is 22.0 Å². The highest BCUT2D eigenvalue weighted by Gasteiger charge is 2.18. The van der Waals surface area contributed by atoms with Gasteiger partial charge in [0.25, 0.3) is 15.9 Å². The number of halogens is 3. The molecule has 0 aliphatic carbocycles. The van der Waals surface area contributed by atoms with Gasteiger partial charge in [0.15, 0.2) is 0 Å². The van der Waals surface area contributed by atoms with Crippen LogP contribution < -0.4 is 10.0 Å². The van der Waals surface area contributed by atoms with Crippen LogP contribution in [0.5, 0.6) is 0 Å². The van der Waals surface area contributed by atoms with Gasteiger partial charge in [-0.25, -0.2) is 17.2 Å². The maximum atomic E-state index is 14.3. The highest BCUT2D eigenvalue weighted by atomic mass is 35.5. The lowest BCUT2D eigenvalue weighted by molar-refractivity contribution is 0.102. The van der Waals surface area contributed by atoms with Crippen molar-refractivity contribution in [3.05, 3.63) is 89.0 Å². The highest BCUT2D eigenvalue weighted by Crippen LogP contribution is 2.23. The molecule has 0 spiro atoms. The molecular formula is C19H13ClF2N2O3S. The Balaban J connectivity index is 1.82. The number of carbonyl (C=O) groups excluding carboxylic acids is 1. The number of nitrogens with one attached hydrogen (secondary N) is 2. The standard InChI is InChI=1S/C19H13ClF2N2O3S/c20-12-4-3-5-13(10-12)24-28(26,27)14-8-9-18(17(22)11-14)23-19(25)15-6-1-2-7-16(15)21/h1-11,24H,(H,23,25). The molecule has 0 saturated heterocycles. The zero-order valence-electron chi connectivity index (χ0n) is 14.1. The minimum Gasteiger partial charge on any atom is -0.319 e. The lowest BCUT2D eigenvalue weighted by atomic mass is 10.2. The first-order chi connectivity index (χ1) is 13.3. The van der Waals surface area contributed by atoms with Gasteiger partial charge in [0, 0.05) is 5.02 Å². The molecule has 0 radical (unpaired) electrons. The van der Waals surface area contributed by atoms with Crippen molar-refractivity contribution in [1.29, 1.82) is 0 Å². The van der Waals surface area contributed by atoms with E-state index in [-0.39, 0.29) is 21.8 Å².